The Morgan fingerprint density at radius 3 is 2.70 bits per heavy atom. The number of phenolic OH excluding ortho intramolecular Hbond substituents is 1. The highest BCUT2D eigenvalue weighted by atomic mass is 16.5. The number of anilines is 1. The minimum absolute atomic E-state index is 0.0387. The van der Waals surface area contributed by atoms with Crippen LogP contribution in [0.4, 0.5) is 5.69 Å². The van der Waals surface area contributed by atoms with Crippen LogP contribution in [0.25, 0.3) is 0 Å². The van der Waals surface area contributed by atoms with Gasteiger partial charge in [-0.05, 0) is 36.8 Å². The third-order valence-electron chi connectivity index (χ3n) is 2.91. The van der Waals surface area contributed by atoms with E-state index in [0.29, 0.717) is 5.75 Å². The Hall–Kier alpha value is -2.67. The van der Waals surface area contributed by atoms with Crippen molar-refractivity contribution in [3.8, 4) is 17.6 Å². The molecule has 0 saturated carbocycles. The van der Waals surface area contributed by atoms with Crippen LogP contribution in [0.5, 0.6) is 11.5 Å². The second-order valence-corrected chi connectivity index (χ2v) is 4.43. The van der Waals surface area contributed by atoms with Gasteiger partial charge in [0.25, 0.3) is 0 Å². The quantitative estimate of drug-likeness (QED) is 0.871. The molecule has 0 saturated heterocycles. The molecule has 0 aliphatic heterocycles. The molecule has 0 bridgehead atoms. The summed E-state index contributed by atoms with van der Waals surface area (Å²) in [4.78, 5) is 0. The van der Waals surface area contributed by atoms with Gasteiger partial charge in [-0.15, -0.1) is 0 Å². The highest BCUT2D eigenvalue weighted by Crippen LogP contribution is 2.23. The summed E-state index contributed by atoms with van der Waals surface area (Å²) >= 11 is 0. The van der Waals surface area contributed by atoms with Crippen molar-refractivity contribution in [1.29, 1.82) is 5.26 Å². The molecular formula is C16H16N2O2. The Labute approximate surface area is 118 Å². The van der Waals surface area contributed by atoms with E-state index in [0.717, 1.165) is 11.3 Å². The molecule has 0 radical (unpaired) electrons. The number of phenols is 1. The molecule has 4 nitrogen and oxygen atoms in total. The van der Waals surface area contributed by atoms with Gasteiger partial charge in [-0.3, -0.25) is 0 Å². The lowest BCUT2D eigenvalue weighted by atomic mass is 10.1. The fourth-order valence-electron chi connectivity index (χ4n) is 1.89. The van der Waals surface area contributed by atoms with Gasteiger partial charge < -0.3 is 15.2 Å². The summed E-state index contributed by atoms with van der Waals surface area (Å²) in [6, 6.07) is 16.6. The largest absolute Gasteiger partial charge is 0.508 e. The van der Waals surface area contributed by atoms with Gasteiger partial charge >= 0.3 is 0 Å². The highest BCUT2D eigenvalue weighted by molar-refractivity contribution is 5.50. The van der Waals surface area contributed by atoms with Crippen LogP contribution in [-0.2, 0) is 0 Å². The van der Waals surface area contributed by atoms with Crippen LogP contribution < -0.4 is 10.1 Å². The van der Waals surface area contributed by atoms with E-state index in [-0.39, 0.29) is 18.4 Å². The summed E-state index contributed by atoms with van der Waals surface area (Å²) < 4.78 is 5.26. The predicted octanol–water partition coefficient (Wildman–Crippen LogP) is 3.47. The molecule has 0 heterocycles. The number of aromatic hydroxyl groups is 1. The van der Waals surface area contributed by atoms with E-state index in [1.165, 1.54) is 0 Å². The lowest BCUT2D eigenvalue weighted by Gasteiger charge is -2.16. The minimum atomic E-state index is 0.0387. The molecule has 0 aromatic heterocycles. The maximum absolute atomic E-state index is 9.28. The predicted molar refractivity (Wildman–Crippen MR) is 77.7 cm³/mol. The number of nitrogens with zero attached hydrogens (tertiary/aromatic N) is 1. The van der Waals surface area contributed by atoms with Crippen LogP contribution >= 0.6 is 0 Å². The maximum atomic E-state index is 9.28. The molecule has 2 aromatic carbocycles. The van der Waals surface area contributed by atoms with Crippen LogP contribution in [0, 0.1) is 11.3 Å². The molecular weight excluding hydrogens is 252 g/mol. The van der Waals surface area contributed by atoms with Crippen LogP contribution in [0.3, 0.4) is 0 Å². The van der Waals surface area contributed by atoms with Gasteiger partial charge in [-0.1, -0.05) is 18.2 Å². The molecule has 1 atom stereocenters. The van der Waals surface area contributed by atoms with Crippen molar-refractivity contribution in [3.63, 3.8) is 0 Å². The van der Waals surface area contributed by atoms with Crippen molar-refractivity contribution >= 4 is 5.69 Å². The Morgan fingerprint density at radius 1 is 1.25 bits per heavy atom. The molecule has 0 spiro atoms. The van der Waals surface area contributed by atoms with Crippen molar-refractivity contribution in [2.75, 3.05) is 11.9 Å². The van der Waals surface area contributed by atoms with Gasteiger partial charge in [0.05, 0.1) is 0 Å². The summed E-state index contributed by atoms with van der Waals surface area (Å²) in [5.41, 5.74) is 1.99. The standard InChI is InChI=1S/C16H16N2O2/c1-12(13-5-7-15(19)8-6-13)18-14-3-2-4-16(11-14)20-10-9-17/h2-8,11-12,18-19H,10H2,1H3. The Balaban J connectivity index is 2.05. The summed E-state index contributed by atoms with van der Waals surface area (Å²) in [6.07, 6.45) is 0. The first-order valence-electron chi connectivity index (χ1n) is 6.34. The van der Waals surface area contributed by atoms with Crippen molar-refractivity contribution in [1.82, 2.24) is 0 Å². The third kappa shape index (κ3) is 3.66. The van der Waals surface area contributed by atoms with E-state index >= 15 is 0 Å². The van der Waals surface area contributed by atoms with E-state index in [2.05, 4.69) is 5.32 Å². The van der Waals surface area contributed by atoms with Gasteiger partial charge in [0.2, 0.25) is 0 Å². The number of nitrogens with one attached hydrogen (secondary N) is 1. The van der Waals surface area contributed by atoms with Gasteiger partial charge in [-0.25, -0.2) is 0 Å². The SMILES string of the molecule is CC(Nc1cccc(OCC#N)c1)c1ccc(O)cc1. The fraction of sp³-hybridized carbons (Fsp3) is 0.188. The smallest absolute Gasteiger partial charge is 0.174 e. The topological polar surface area (TPSA) is 65.3 Å². The molecule has 20 heavy (non-hydrogen) atoms. The first kappa shape index (κ1) is 13.8. The van der Waals surface area contributed by atoms with Crippen molar-refractivity contribution in [3.05, 3.63) is 54.1 Å². The second-order valence-electron chi connectivity index (χ2n) is 4.43. The molecule has 0 aliphatic rings. The summed E-state index contributed by atoms with van der Waals surface area (Å²) in [7, 11) is 0. The van der Waals surface area contributed by atoms with Gasteiger partial charge in [0, 0.05) is 17.8 Å². The number of hydrogen-bond acceptors (Lipinski definition) is 4. The van der Waals surface area contributed by atoms with Gasteiger partial charge in [0.1, 0.15) is 17.6 Å². The first-order chi connectivity index (χ1) is 9.69. The second kappa shape index (κ2) is 6.48. The minimum Gasteiger partial charge on any atom is -0.508 e. The van der Waals surface area contributed by atoms with Crippen LogP contribution in [-0.4, -0.2) is 11.7 Å². The maximum Gasteiger partial charge on any atom is 0.174 e. The Bertz CT molecular complexity index is 603. The number of ether oxygens (including phenoxy) is 1. The average Bonchev–Trinajstić information content (AvgIpc) is 2.46. The van der Waals surface area contributed by atoms with E-state index in [4.69, 9.17) is 10.00 Å². The number of hydrogen-bond donors (Lipinski definition) is 2. The lowest BCUT2D eigenvalue weighted by Crippen LogP contribution is -2.06. The van der Waals surface area contributed by atoms with E-state index < -0.39 is 0 Å². The van der Waals surface area contributed by atoms with Crippen molar-refractivity contribution in [2.24, 2.45) is 0 Å². The number of benzene rings is 2. The zero-order chi connectivity index (χ0) is 14.4. The van der Waals surface area contributed by atoms with Crippen LogP contribution in [0.2, 0.25) is 0 Å². The van der Waals surface area contributed by atoms with Gasteiger partial charge in [-0.2, -0.15) is 5.26 Å². The molecule has 0 fully saturated rings. The van der Waals surface area contributed by atoms with Crippen molar-refractivity contribution in [2.45, 2.75) is 13.0 Å². The molecule has 102 valence electrons. The van der Waals surface area contributed by atoms with Gasteiger partial charge in [0.15, 0.2) is 6.61 Å². The average molecular weight is 268 g/mol. The summed E-state index contributed by atoms with van der Waals surface area (Å²) in [5.74, 6) is 0.919. The lowest BCUT2D eigenvalue weighted by molar-refractivity contribution is 0.368. The normalized spacial score (nSPS) is 11.4. The Kier molecular flexibility index (Phi) is 4.46. The van der Waals surface area contributed by atoms with Crippen molar-refractivity contribution < 1.29 is 9.84 Å². The van der Waals surface area contributed by atoms with Crippen LogP contribution in [0.1, 0.15) is 18.5 Å². The number of nitriles is 1. The first-order valence-corrected chi connectivity index (χ1v) is 6.34. The molecule has 2 aromatic rings. The number of rotatable bonds is 5. The molecule has 2 N–H and O–H groups in total. The zero-order valence-electron chi connectivity index (χ0n) is 11.2. The van der Waals surface area contributed by atoms with Crippen LogP contribution in [0.15, 0.2) is 48.5 Å². The molecule has 4 heteroatoms. The molecule has 0 aliphatic carbocycles. The third-order valence-corrected chi connectivity index (χ3v) is 2.91. The monoisotopic (exact) mass is 268 g/mol. The van der Waals surface area contributed by atoms with E-state index in [9.17, 15) is 5.11 Å². The fourth-order valence-corrected chi connectivity index (χ4v) is 1.89. The summed E-state index contributed by atoms with van der Waals surface area (Å²) in [6.45, 7) is 2.08. The van der Waals surface area contributed by atoms with E-state index in [1.807, 2.05) is 49.4 Å². The van der Waals surface area contributed by atoms with E-state index in [1.54, 1.807) is 12.1 Å². The Morgan fingerprint density at radius 2 is 2.00 bits per heavy atom. The molecule has 0 amide bonds. The highest BCUT2D eigenvalue weighted by Gasteiger charge is 2.06. The molecule has 2 rings (SSSR count). The molecule has 1 unspecified atom stereocenters. The zero-order valence-corrected chi connectivity index (χ0v) is 11.2. The summed E-state index contributed by atoms with van der Waals surface area (Å²) in [5, 5.41) is 21.1.